The zero-order valence-corrected chi connectivity index (χ0v) is 17.0. The van der Waals surface area contributed by atoms with Crippen LogP contribution in [0.2, 0.25) is 5.02 Å². The molecule has 0 bridgehead atoms. The number of hydrogen-bond acceptors (Lipinski definition) is 5. The maximum atomic E-state index is 12.1. The van der Waals surface area contributed by atoms with Crippen molar-refractivity contribution < 1.29 is 13.3 Å². The monoisotopic (exact) mass is 423 g/mol. The molecule has 0 aliphatic carbocycles. The van der Waals surface area contributed by atoms with Gasteiger partial charge in [0.2, 0.25) is 10.0 Å². The molecular weight excluding hydrogens is 402 g/mol. The summed E-state index contributed by atoms with van der Waals surface area (Å²) < 4.78 is 24.2. The molecule has 2 unspecified atom stereocenters. The number of anilines is 1. The number of piperidine rings is 1. The van der Waals surface area contributed by atoms with Gasteiger partial charge in [-0.1, -0.05) is 30.7 Å². The first-order valence-corrected chi connectivity index (χ1v) is 10.9. The van der Waals surface area contributed by atoms with Crippen LogP contribution < -0.4 is 10.0 Å². The number of nitrogens with two attached hydrogens (primary N) is 1. The molecule has 7 nitrogen and oxygen atoms in total. The zero-order valence-electron chi connectivity index (χ0n) is 15.4. The zero-order chi connectivity index (χ0) is 20.5. The molecule has 1 aliphatic rings. The van der Waals surface area contributed by atoms with Crippen molar-refractivity contribution in [2.75, 3.05) is 11.4 Å². The van der Waals surface area contributed by atoms with Crippen LogP contribution in [0.15, 0.2) is 47.4 Å². The molecule has 2 atom stereocenters. The molecule has 1 fully saturated rings. The van der Waals surface area contributed by atoms with E-state index in [0.29, 0.717) is 17.3 Å². The first-order chi connectivity index (χ1) is 13.2. The number of nitro groups is 1. The van der Waals surface area contributed by atoms with Gasteiger partial charge < -0.3 is 4.90 Å². The SMILES string of the molecule is CC(c1ccc([N+](=O)[O-])cc1)C1CCCCN1c1cc(Cl)ccc1S(N)(=O)=O. The van der Waals surface area contributed by atoms with Gasteiger partial charge in [0.25, 0.3) is 5.69 Å². The fraction of sp³-hybridized carbons (Fsp3) is 0.368. The van der Waals surface area contributed by atoms with Crippen LogP contribution in [0.3, 0.4) is 0 Å². The van der Waals surface area contributed by atoms with E-state index in [0.717, 1.165) is 24.8 Å². The molecular formula is C19H22ClN3O4S. The van der Waals surface area contributed by atoms with Gasteiger partial charge in [0.05, 0.1) is 10.6 Å². The average Bonchev–Trinajstić information content (AvgIpc) is 2.66. The smallest absolute Gasteiger partial charge is 0.269 e. The second kappa shape index (κ2) is 8.06. The summed E-state index contributed by atoms with van der Waals surface area (Å²) in [4.78, 5) is 12.6. The van der Waals surface area contributed by atoms with Crippen LogP contribution in [0.5, 0.6) is 0 Å². The standard InChI is InChI=1S/C19H22ClN3O4S/c1-13(14-5-8-16(9-6-14)23(24)25)17-4-2-3-11-22(17)18-12-15(20)7-10-19(18)28(21,26)27/h5-10,12-13,17H,2-4,11H2,1H3,(H2,21,26,27). The number of benzene rings is 2. The van der Waals surface area contributed by atoms with Crippen molar-refractivity contribution in [3.8, 4) is 0 Å². The largest absolute Gasteiger partial charge is 0.367 e. The van der Waals surface area contributed by atoms with E-state index in [4.69, 9.17) is 16.7 Å². The lowest BCUT2D eigenvalue weighted by Crippen LogP contribution is -2.43. The van der Waals surface area contributed by atoms with Gasteiger partial charge in [0.15, 0.2) is 0 Å². The van der Waals surface area contributed by atoms with Crippen molar-refractivity contribution in [1.29, 1.82) is 0 Å². The Morgan fingerprint density at radius 3 is 2.50 bits per heavy atom. The summed E-state index contributed by atoms with van der Waals surface area (Å²) in [5, 5.41) is 16.8. The molecule has 2 aromatic rings. The van der Waals surface area contributed by atoms with Crippen molar-refractivity contribution in [3.05, 3.63) is 63.2 Å². The minimum absolute atomic E-state index is 0.0224. The fourth-order valence-electron chi connectivity index (χ4n) is 3.85. The molecule has 0 amide bonds. The molecule has 150 valence electrons. The van der Waals surface area contributed by atoms with Crippen molar-refractivity contribution in [3.63, 3.8) is 0 Å². The Morgan fingerprint density at radius 1 is 1.21 bits per heavy atom. The minimum Gasteiger partial charge on any atom is -0.367 e. The third kappa shape index (κ3) is 4.29. The Kier molecular flexibility index (Phi) is 5.92. The van der Waals surface area contributed by atoms with Crippen molar-refractivity contribution >= 4 is 33.0 Å². The summed E-state index contributed by atoms with van der Waals surface area (Å²) in [7, 11) is -3.90. The van der Waals surface area contributed by atoms with Crippen molar-refractivity contribution in [2.45, 2.75) is 43.0 Å². The van der Waals surface area contributed by atoms with Crippen molar-refractivity contribution in [1.82, 2.24) is 0 Å². The van der Waals surface area contributed by atoms with Crippen LogP contribution >= 0.6 is 11.6 Å². The molecule has 28 heavy (non-hydrogen) atoms. The lowest BCUT2D eigenvalue weighted by atomic mass is 9.86. The maximum Gasteiger partial charge on any atom is 0.269 e. The van der Waals surface area contributed by atoms with E-state index in [1.807, 2.05) is 6.92 Å². The lowest BCUT2D eigenvalue weighted by molar-refractivity contribution is -0.384. The van der Waals surface area contributed by atoms with Gasteiger partial charge in [-0.2, -0.15) is 0 Å². The van der Waals surface area contributed by atoms with Crippen LogP contribution in [0.4, 0.5) is 11.4 Å². The molecule has 0 saturated carbocycles. The predicted octanol–water partition coefficient (Wildman–Crippen LogP) is 4.06. The van der Waals surface area contributed by atoms with E-state index < -0.39 is 14.9 Å². The van der Waals surface area contributed by atoms with Gasteiger partial charge in [-0.15, -0.1) is 0 Å². The molecule has 0 radical (unpaired) electrons. The van der Waals surface area contributed by atoms with E-state index >= 15 is 0 Å². The quantitative estimate of drug-likeness (QED) is 0.576. The molecule has 2 aromatic carbocycles. The highest BCUT2D eigenvalue weighted by atomic mass is 35.5. The van der Waals surface area contributed by atoms with Crippen LogP contribution in [0, 0.1) is 10.1 Å². The van der Waals surface area contributed by atoms with Gasteiger partial charge in [-0.25, -0.2) is 13.6 Å². The summed E-state index contributed by atoms with van der Waals surface area (Å²) >= 11 is 6.15. The van der Waals surface area contributed by atoms with Crippen LogP contribution in [0.25, 0.3) is 0 Å². The van der Waals surface area contributed by atoms with Gasteiger partial charge >= 0.3 is 0 Å². The van der Waals surface area contributed by atoms with Crippen LogP contribution in [-0.2, 0) is 10.0 Å². The third-order valence-corrected chi connectivity index (χ3v) is 6.49. The van der Waals surface area contributed by atoms with E-state index in [1.165, 1.54) is 24.3 Å². The van der Waals surface area contributed by atoms with Crippen molar-refractivity contribution in [2.24, 2.45) is 5.14 Å². The summed E-state index contributed by atoms with van der Waals surface area (Å²) in [6, 6.07) is 11.1. The average molecular weight is 424 g/mol. The number of halogens is 1. The van der Waals surface area contributed by atoms with Crippen LogP contribution in [0.1, 0.15) is 37.7 Å². The Labute approximate surface area is 169 Å². The third-order valence-electron chi connectivity index (χ3n) is 5.29. The maximum absolute atomic E-state index is 12.1. The number of rotatable bonds is 5. The van der Waals surface area contributed by atoms with E-state index in [-0.39, 0.29) is 22.5 Å². The van der Waals surface area contributed by atoms with Gasteiger partial charge in [0.1, 0.15) is 4.90 Å². The molecule has 2 N–H and O–H groups in total. The molecule has 3 rings (SSSR count). The number of non-ortho nitro benzene ring substituents is 1. The van der Waals surface area contributed by atoms with Gasteiger partial charge in [0, 0.05) is 35.7 Å². The lowest BCUT2D eigenvalue weighted by Gasteiger charge is -2.41. The van der Waals surface area contributed by atoms with E-state index in [9.17, 15) is 18.5 Å². The normalized spacial score (nSPS) is 18.7. The molecule has 1 aliphatic heterocycles. The summed E-state index contributed by atoms with van der Waals surface area (Å²) in [6.07, 6.45) is 2.82. The first-order valence-electron chi connectivity index (χ1n) is 9.02. The molecule has 0 aromatic heterocycles. The minimum atomic E-state index is -3.90. The topological polar surface area (TPSA) is 107 Å². The summed E-state index contributed by atoms with van der Waals surface area (Å²) in [5.74, 6) is 0.0356. The number of sulfonamides is 1. The number of hydrogen-bond donors (Lipinski definition) is 1. The van der Waals surface area contributed by atoms with Gasteiger partial charge in [-0.3, -0.25) is 10.1 Å². The highest BCUT2D eigenvalue weighted by Gasteiger charge is 2.31. The second-order valence-electron chi connectivity index (χ2n) is 7.05. The number of primary sulfonamides is 1. The molecule has 1 heterocycles. The second-order valence-corrected chi connectivity index (χ2v) is 9.02. The van der Waals surface area contributed by atoms with Crippen LogP contribution in [-0.4, -0.2) is 25.9 Å². The highest BCUT2D eigenvalue weighted by Crippen LogP contribution is 2.37. The van der Waals surface area contributed by atoms with E-state index in [1.54, 1.807) is 18.2 Å². The first kappa shape index (κ1) is 20.6. The predicted molar refractivity (Wildman–Crippen MR) is 109 cm³/mol. The Balaban J connectivity index is 1.99. The summed E-state index contributed by atoms with van der Waals surface area (Å²) in [5.41, 5.74) is 1.51. The Morgan fingerprint density at radius 2 is 1.89 bits per heavy atom. The molecule has 1 saturated heterocycles. The summed E-state index contributed by atoms with van der Waals surface area (Å²) in [6.45, 7) is 2.73. The highest BCUT2D eigenvalue weighted by molar-refractivity contribution is 7.89. The van der Waals surface area contributed by atoms with E-state index in [2.05, 4.69) is 4.90 Å². The number of nitro benzene ring substituents is 1. The Bertz CT molecular complexity index is 979. The fourth-order valence-corrected chi connectivity index (χ4v) is 4.75. The molecule has 9 heteroatoms. The van der Waals surface area contributed by atoms with Gasteiger partial charge in [-0.05, 0) is 43.0 Å². The molecule has 0 spiro atoms. The Hall–Kier alpha value is -2.16. The number of nitrogens with zero attached hydrogens (tertiary/aromatic N) is 2.